The van der Waals surface area contributed by atoms with Gasteiger partial charge in [-0.1, -0.05) is 6.92 Å². The first kappa shape index (κ1) is 12.0. The molecule has 0 aliphatic rings. The molecular weight excluding hydrogens is 267 g/mol. The quantitative estimate of drug-likeness (QED) is 0.659. The van der Waals surface area contributed by atoms with Crippen molar-refractivity contribution in [3.8, 4) is 11.5 Å². The van der Waals surface area contributed by atoms with E-state index in [4.69, 9.17) is 0 Å². The summed E-state index contributed by atoms with van der Waals surface area (Å²) in [6.07, 6.45) is 0.724. The first-order chi connectivity index (χ1) is 6.99. The van der Waals surface area contributed by atoms with Crippen LogP contribution in [0, 0.1) is 5.82 Å². The van der Waals surface area contributed by atoms with Crippen LogP contribution in [0.5, 0.6) is 11.5 Å². The van der Waals surface area contributed by atoms with Crippen molar-refractivity contribution in [2.45, 2.75) is 19.3 Å². The zero-order valence-corrected chi connectivity index (χ0v) is 9.58. The third kappa shape index (κ3) is 2.28. The molecule has 1 atom stereocenters. The second-order valence-electron chi connectivity index (χ2n) is 3.26. The summed E-state index contributed by atoms with van der Waals surface area (Å²) in [6.45, 7) is 1.60. The lowest BCUT2D eigenvalue weighted by Gasteiger charge is -2.13. The number of carbonyl (C=O) groups excluding carboxylic acids is 1. The Morgan fingerprint density at radius 3 is 2.73 bits per heavy atom. The predicted octanol–water partition coefficient (Wildman–Crippen LogP) is 2.69. The fourth-order valence-electron chi connectivity index (χ4n) is 1.33. The number of phenols is 2. The summed E-state index contributed by atoms with van der Waals surface area (Å²) in [5.74, 6) is -2.05. The molecule has 1 unspecified atom stereocenters. The van der Waals surface area contributed by atoms with Gasteiger partial charge in [-0.05, 0) is 21.8 Å². The van der Waals surface area contributed by atoms with E-state index in [2.05, 4.69) is 15.9 Å². The van der Waals surface area contributed by atoms with Crippen LogP contribution in [0.2, 0.25) is 0 Å². The summed E-state index contributed by atoms with van der Waals surface area (Å²) in [5.41, 5.74) is -0.0472. The van der Waals surface area contributed by atoms with Crippen molar-refractivity contribution in [2.75, 3.05) is 0 Å². The molecule has 0 aliphatic carbocycles. The Bertz CT molecular complexity index is 366. The zero-order valence-electron chi connectivity index (χ0n) is 8.00. The van der Waals surface area contributed by atoms with Gasteiger partial charge in [-0.3, -0.25) is 0 Å². The summed E-state index contributed by atoms with van der Waals surface area (Å²) in [4.78, 5) is 10.3. The highest BCUT2D eigenvalue weighted by molar-refractivity contribution is 9.10. The number of hydrogen-bond donors (Lipinski definition) is 2. The van der Waals surface area contributed by atoms with Crippen molar-refractivity contribution in [1.82, 2.24) is 0 Å². The first-order valence-corrected chi connectivity index (χ1v) is 5.11. The lowest BCUT2D eigenvalue weighted by molar-refractivity contribution is -0.108. The molecule has 0 aliphatic heterocycles. The molecule has 0 bridgehead atoms. The van der Waals surface area contributed by atoms with E-state index >= 15 is 0 Å². The number of benzene rings is 1. The Balaban J connectivity index is 3.31. The van der Waals surface area contributed by atoms with Crippen LogP contribution in [0.4, 0.5) is 4.39 Å². The molecule has 1 rings (SSSR count). The standard InChI is InChI=1S/C10H10BrFO3/c1-5(2-3-13)8-9(12)6(11)4-7(14)10(8)15/h3-5,14-15H,2H2,1H3. The topological polar surface area (TPSA) is 57.5 Å². The summed E-state index contributed by atoms with van der Waals surface area (Å²) >= 11 is 2.92. The highest BCUT2D eigenvalue weighted by Gasteiger charge is 2.21. The Labute approximate surface area is 94.7 Å². The molecule has 0 saturated heterocycles. The van der Waals surface area contributed by atoms with E-state index in [1.165, 1.54) is 0 Å². The van der Waals surface area contributed by atoms with E-state index in [0.29, 0.717) is 6.29 Å². The second-order valence-corrected chi connectivity index (χ2v) is 4.11. The van der Waals surface area contributed by atoms with Crippen LogP contribution < -0.4 is 0 Å². The van der Waals surface area contributed by atoms with Crippen LogP contribution in [-0.2, 0) is 4.79 Å². The Kier molecular flexibility index (Phi) is 3.68. The third-order valence-corrected chi connectivity index (χ3v) is 2.73. The van der Waals surface area contributed by atoms with Gasteiger partial charge in [0.05, 0.1) is 4.47 Å². The second kappa shape index (κ2) is 4.61. The van der Waals surface area contributed by atoms with Crippen molar-refractivity contribution in [2.24, 2.45) is 0 Å². The number of phenolic OH excluding ortho intramolecular Hbond substituents is 2. The average molecular weight is 277 g/mol. The Hall–Kier alpha value is -1.10. The number of rotatable bonds is 3. The van der Waals surface area contributed by atoms with Crippen molar-refractivity contribution in [3.63, 3.8) is 0 Å². The van der Waals surface area contributed by atoms with E-state index in [-0.39, 0.29) is 16.5 Å². The number of halogens is 2. The highest BCUT2D eigenvalue weighted by Crippen LogP contribution is 2.40. The van der Waals surface area contributed by atoms with E-state index in [1.54, 1.807) is 6.92 Å². The highest BCUT2D eigenvalue weighted by atomic mass is 79.9. The van der Waals surface area contributed by atoms with Gasteiger partial charge >= 0.3 is 0 Å². The summed E-state index contributed by atoms with van der Waals surface area (Å²) in [7, 11) is 0. The van der Waals surface area contributed by atoms with Gasteiger partial charge in [0.2, 0.25) is 0 Å². The van der Waals surface area contributed by atoms with Crippen LogP contribution in [0.1, 0.15) is 24.8 Å². The van der Waals surface area contributed by atoms with Crippen molar-refractivity contribution in [3.05, 3.63) is 21.9 Å². The number of carbonyl (C=O) groups is 1. The van der Waals surface area contributed by atoms with Crippen molar-refractivity contribution < 1.29 is 19.4 Å². The molecule has 0 fully saturated rings. The minimum absolute atomic E-state index is 0.0472. The molecule has 1 aromatic carbocycles. The van der Waals surface area contributed by atoms with Gasteiger partial charge in [0.15, 0.2) is 11.5 Å². The van der Waals surface area contributed by atoms with Crippen LogP contribution in [0.3, 0.4) is 0 Å². The van der Waals surface area contributed by atoms with Crippen molar-refractivity contribution >= 4 is 22.2 Å². The summed E-state index contributed by atoms with van der Waals surface area (Å²) in [6, 6.07) is 1.07. The van der Waals surface area contributed by atoms with Gasteiger partial charge in [-0.25, -0.2) is 4.39 Å². The molecule has 0 radical (unpaired) electrons. The maximum absolute atomic E-state index is 13.6. The molecule has 0 aromatic heterocycles. The van der Waals surface area contributed by atoms with Gasteiger partial charge < -0.3 is 15.0 Å². The Morgan fingerprint density at radius 2 is 2.20 bits per heavy atom. The number of aldehydes is 1. The number of hydrogen-bond acceptors (Lipinski definition) is 3. The summed E-state index contributed by atoms with van der Waals surface area (Å²) < 4.78 is 13.6. The zero-order chi connectivity index (χ0) is 11.6. The van der Waals surface area contributed by atoms with E-state index < -0.39 is 23.2 Å². The molecule has 3 nitrogen and oxygen atoms in total. The molecule has 0 heterocycles. The summed E-state index contributed by atoms with van der Waals surface area (Å²) in [5, 5.41) is 18.8. The van der Waals surface area contributed by atoms with Crippen LogP contribution in [0.25, 0.3) is 0 Å². The molecule has 1 aromatic rings. The minimum Gasteiger partial charge on any atom is -0.504 e. The molecule has 2 N–H and O–H groups in total. The van der Waals surface area contributed by atoms with Crippen LogP contribution in [0.15, 0.2) is 10.5 Å². The Morgan fingerprint density at radius 1 is 1.60 bits per heavy atom. The first-order valence-electron chi connectivity index (χ1n) is 4.32. The van der Waals surface area contributed by atoms with Gasteiger partial charge in [-0.2, -0.15) is 0 Å². The van der Waals surface area contributed by atoms with Crippen molar-refractivity contribution in [1.29, 1.82) is 0 Å². The molecule has 0 spiro atoms. The lowest BCUT2D eigenvalue weighted by Crippen LogP contribution is -2.00. The van der Waals surface area contributed by atoms with E-state index in [0.717, 1.165) is 6.07 Å². The van der Waals surface area contributed by atoms with Gasteiger partial charge in [0, 0.05) is 18.1 Å². The van der Waals surface area contributed by atoms with Gasteiger partial charge in [-0.15, -0.1) is 0 Å². The monoisotopic (exact) mass is 276 g/mol. The molecule has 0 saturated carbocycles. The average Bonchev–Trinajstić information content (AvgIpc) is 2.16. The van der Waals surface area contributed by atoms with E-state index in [1.807, 2.05) is 0 Å². The van der Waals surface area contributed by atoms with Gasteiger partial charge in [0.1, 0.15) is 12.1 Å². The fourth-order valence-corrected chi connectivity index (χ4v) is 1.76. The smallest absolute Gasteiger partial charge is 0.164 e. The number of aromatic hydroxyl groups is 2. The van der Waals surface area contributed by atoms with Crippen LogP contribution >= 0.6 is 15.9 Å². The SMILES string of the molecule is CC(CC=O)c1c(O)c(O)cc(Br)c1F. The predicted molar refractivity (Wildman–Crippen MR) is 56.5 cm³/mol. The fraction of sp³-hybridized carbons (Fsp3) is 0.300. The van der Waals surface area contributed by atoms with Gasteiger partial charge in [0.25, 0.3) is 0 Å². The third-order valence-electron chi connectivity index (χ3n) is 2.15. The van der Waals surface area contributed by atoms with Crippen LogP contribution in [-0.4, -0.2) is 16.5 Å². The lowest BCUT2D eigenvalue weighted by atomic mass is 9.96. The maximum Gasteiger partial charge on any atom is 0.164 e. The minimum atomic E-state index is -0.653. The molecule has 15 heavy (non-hydrogen) atoms. The maximum atomic E-state index is 13.6. The molecule has 82 valence electrons. The molecule has 0 amide bonds. The largest absolute Gasteiger partial charge is 0.504 e. The molecular formula is C10H10BrFO3. The van der Waals surface area contributed by atoms with E-state index in [9.17, 15) is 19.4 Å². The normalized spacial score (nSPS) is 12.5. The molecule has 5 heteroatoms.